The molecule has 23 heavy (non-hydrogen) atoms. The molecule has 0 N–H and O–H groups in total. The van der Waals surface area contributed by atoms with Crippen molar-refractivity contribution in [1.82, 2.24) is 0 Å². The molecule has 0 atom stereocenters. The fourth-order valence-corrected chi connectivity index (χ4v) is 2.89. The van der Waals surface area contributed by atoms with E-state index in [4.69, 9.17) is 32.7 Å². The molecule has 5 nitrogen and oxygen atoms in total. The van der Waals surface area contributed by atoms with Gasteiger partial charge in [-0.15, -0.1) is 0 Å². The molecule has 0 amide bonds. The summed E-state index contributed by atoms with van der Waals surface area (Å²) in [6, 6.07) is 8.11. The van der Waals surface area contributed by atoms with Crippen LogP contribution in [0.3, 0.4) is 0 Å². The van der Waals surface area contributed by atoms with Crippen molar-refractivity contribution in [2.45, 2.75) is 5.60 Å². The second-order valence-electron chi connectivity index (χ2n) is 5.09. The van der Waals surface area contributed by atoms with Crippen molar-refractivity contribution < 1.29 is 18.8 Å². The Morgan fingerprint density at radius 2 is 1.96 bits per heavy atom. The van der Waals surface area contributed by atoms with Crippen LogP contribution in [-0.2, 0) is 10.3 Å². The van der Waals surface area contributed by atoms with Crippen LogP contribution < -0.4 is 4.74 Å². The Labute approximate surface area is 140 Å². The summed E-state index contributed by atoms with van der Waals surface area (Å²) in [7, 11) is 0. The minimum Gasteiger partial charge on any atom is -0.475 e. The predicted octanol–water partition coefficient (Wildman–Crippen LogP) is 4.35. The molecular weight excluding hydrogens is 348 g/mol. The third-order valence-electron chi connectivity index (χ3n) is 3.52. The largest absolute Gasteiger partial charge is 0.475 e. The van der Waals surface area contributed by atoms with Crippen molar-refractivity contribution in [3.63, 3.8) is 0 Å². The van der Waals surface area contributed by atoms with Gasteiger partial charge < -0.3 is 9.47 Å². The normalized spacial score (nSPS) is 15.8. The van der Waals surface area contributed by atoms with Gasteiger partial charge in [-0.3, -0.25) is 10.1 Å². The zero-order valence-electron chi connectivity index (χ0n) is 11.6. The number of nitro benzene ring substituents is 1. The summed E-state index contributed by atoms with van der Waals surface area (Å²) in [6.45, 7) is 0.371. The van der Waals surface area contributed by atoms with Gasteiger partial charge in [-0.2, -0.15) is 0 Å². The second kappa shape index (κ2) is 5.96. The fraction of sp³-hybridized carbons (Fsp3) is 0.200. The Morgan fingerprint density at radius 1 is 1.22 bits per heavy atom. The predicted molar refractivity (Wildman–Crippen MR) is 82.6 cm³/mol. The summed E-state index contributed by atoms with van der Waals surface area (Å²) in [5.74, 6) is -0.930. The van der Waals surface area contributed by atoms with E-state index in [0.29, 0.717) is 15.6 Å². The van der Waals surface area contributed by atoms with Gasteiger partial charge >= 0.3 is 0 Å². The average Bonchev–Trinajstić information content (AvgIpc) is 2.45. The highest BCUT2D eigenvalue weighted by atomic mass is 35.5. The van der Waals surface area contributed by atoms with Crippen molar-refractivity contribution in [3.05, 3.63) is 67.9 Å². The molecule has 1 fully saturated rings. The number of hydrogen-bond acceptors (Lipinski definition) is 4. The number of nitro groups is 1. The number of benzene rings is 2. The van der Waals surface area contributed by atoms with Gasteiger partial charge in [0.05, 0.1) is 24.2 Å². The summed E-state index contributed by atoms with van der Waals surface area (Å²) in [5, 5.41) is 11.5. The first kappa shape index (κ1) is 16.0. The van der Waals surface area contributed by atoms with Crippen LogP contribution in [0.1, 0.15) is 5.56 Å². The quantitative estimate of drug-likeness (QED) is 0.602. The van der Waals surface area contributed by atoms with Gasteiger partial charge in [-0.05, 0) is 18.2 Å². The number of nitrogens with zero attached hydrogens (tertiary/aromatic N) is 1. The zero-order chi connectivity index (χ0) is 16.6. The highest BCUT2D eigenvalue weighted by Crippen LogP contribution is 2.40. The standard InChI is InChI=1S/C15H10Cl2FNO4/c16-9-1-3-11(12(17)5-9)15(7-22-8-15)23-14-4-2-10(19(20)21)6-13(14)18/h1-6H,7-8H2. The summed E-state index contributed by atoms with van der Waals surface area (Å²) < 4.78 is 25.0. The summed E-state index contributed by atoms with van der Waals surface area (Å²) in [6.07, 6.45) is 0. The molecule has 0 aliphatic carbocycles. The highest BCUT2D eigenvalue weighted by molar-refractivity contribution is 6.35. The van der Waals surface area contributed by atoms with Crippen LogP contribution in [0, 0.1) is 15.9 Å². The molecule has 0 aromatic heterocycles. The van der Waals surface area contributed by atoms with E-state index < -0.39 is 16.3 Å². The third kappa shape index (κ3) is 2.97. The van der Waals surface area contributed by atoms with Gasteiger partial charge in [0.1, 0.15) is 0 Å². The van der Waals surface area contributed by atoms with Crippen molar-refractivity contribution in [3.8, 4) is 5.75 Å². The Kier molecular flexibility index (Phi) is 4.14. The van der Waals surface area contributed by atoms with Gasteiger partial charge in [0.15, 0.2) is 17.2 Å². The third-order valence-corrected chi connectivity index (χ3v) is 4.07. The average molecular weight is 358 g/mol. The van der Waals surface area contributed by atoms with Crippen molar-refractivity contribution in [1.29, 1.82) is 0 Å². The molecule has 0 bridgehead atoms. The topological polar surface area (TPSA) is 61.6 Å². The molecule has 0 unspecified atom stereocenters. The first-order valence-electron chi connectivity index (χ1n) is 6.57. The number of hydrogen-bond donors (Lipinski definition) is 0. The molecule has 1 heterocycles. The van der Waals surface area contributed by atoms with Crippen LogP contribution in [0.4, 0.5) is 10.1 Å². The molecule has 3 rings (SSSR count). The molecule has 2 aromatic carbocycles. The number of rotatable bonds is 4. The smallest absolute Gasteiger partial charge is 0.272 e. The minimum absolute atomic E-state index is 0.107. The Bertz CT molecular complexity index is 780. The van der Waals surface area contributed by atoms with Gasteiger partial charge in [0, 0.05) is 21.7 Å². The number of halogens is 3. The second-order valence-corrected chi connectivity index (χ2v) is 5.93. The maximum Gasteiger partial charge on any atom is 0.272 e. The maximum absolute atomic E-state index is 14.1. The van der Waals surface area contributed by atoms with Gasteiger partial charge in [-0.25, -0.2) is 4.39 Å². The van der Waals surface area contributed by atoms with Gasteiger partial charge in [-0.1, -0.05) is 29.3 Å². The molecule has 0 spiro atoms. The summed E-state index contributed by atoms with van der Waals surface area (Å²) in [5.41, 5.74) is -0.676. The zero-order valence-corrected chi connectivity index (χ0v) is 13.1. The lowest BCUT2D eigenvalue weighted by Gasteiger charge is -2.42. The molecule has 120 valence electrons. The molecule has 1 saturated heterocycles. The van der Waals surface area contributed by atoms with Crippen LogP contribution in [0.15, 0.2) is 36.4 Å². The highest BCUT2D eigenvalue weighted by Gasteiger charge is 2.45. The van der Waals surface area contributed by atoms with Crippen molar-refractivity contribution in [2.75, 3.05) is 13.2 Å². The van der Waals surface area contributed by atoms with Crippen LogP contribution in [0.25, 0.3) is 0 Å². The van der Waals surface area contributed by atoms with Crippen molar-refractivity contribution >= 4 is 28.9 Å². The molecule has 0 saturated carbocycles. The van der Waals surface area contributed by atoms with E-state index >= 15 is 0 Å². The maximum atomic E-state index is 14.1. The molecule has 1 aliphatic rings. The number of ether oxygens (including phenoxy) is 2. The first-order valence-corrected chi connectivity index (χ1v) is 7.33. The van der Waals surface area contributed by atoms with E-state index in [-0.39, 0.29) is 24.7 Å². The van der Waals surface area contributed by atoms with Gasteiger partial charge in [0.2, 0.25) is 0 Å². The van der Waals surface area contributed by atoms with Crippen LogP contribution >= 0.6 is 23.2 Å². The minimum atomic E-state index is -0.946. The van der Waals surface area contributed by atoms with Crippen LogP contribution in [0.5, 0.6) is 5.75 Å². The Morgan fingerprint density at radius 3 is 2.48 bits per heavy atom. The summed E-state index contributed by atoms with van der Waals surface area (Å²) >= 11 is 12.1. The van der Waals surface area contributed by atoms with Crippen LogP contribution in [-0.4, -0.2) is 18.1 Å². The van der Waals surface area contributed by atoms with E-state index in [2.05, 4.69) is 0 Å². The van der Waals surface area contributed by atoms with E-state index in [1.807, 2.05) is 0 Å². The van der Waals surface area contributed by atoms with Crippen LogP contribution in [0.2, 0.25) is 10.0 Å². The molecule has 2 aromatic rings. The van der Waals surface area contributed by atoms with Gasteiger partial charge in [0.25, 0.3) is 5.69 Å². The lowest BCUT2D eigenvalue weighted by atomic mass is 9.91. The molecular formula is C15H10Cl2FNO4. The molecule has 1 aliphatic heterocycles. The number of non-ortho nitro benzene ring substituents is 1. The first-order chi connectivity index (χ1) is 10.9. The van der Waals surface area contributed by atoms with E-state index in [0.717, 1.165) is 6.07 Å². The van der Waals surface area contributed by atoms with E-state index in [9.17, 15) is 14.5 Å². The lowest BCUT2D eigenvalue weighted by molar-refractivity contribution is -0.385. The SMILES string of the molecule is O=[N+]([O-])c1ccc(OC2(c3ccc(Cl)cc3Cl)COC2)c(F)c1. The molecule has 8 heteroatoms. The summed E-state index contributed by atoms with van der Waals surface area (Å²) in [4.78, 5) is 9.99. The Balaban J connectivity index is 1.95. The lowest BCUT2D eigenvalue weighted by Crippen LogP contribution is -2.51. The monoisotopic (exact) mass is 357 g/mol. The van der Waals surface area contributed by atoms with E-state index in [1.165, 1.54) is 12.1 Å². The fourth-order valence-electron chi connectivity index (χ4n) is 2.31. The van der Waals surface area contributed by atoms with Crippen molar-refractivity contribution in [2.24, 2.45) is 0 Å². The van der Waals surface area contributed by atoms with E-state index in [1.54, 1.807) is 18.2 Å². The molecule has 0 radical (unpaired) electrons. The Hall–Kier alpha value is -1.89.